The van der Waals surface area contributed by atoms with Crippen molar-refractivity contribution in [2.75, 3.05) is 26.2 Å². The summed E-state index contributed by atoms with van der Waals surface area (Å²) >= 11 is 0. The lowest BCUT2D eigenvalue weighted by atomic mass is 10.2. The van der Waals surface area contributed by atoms with Crippen LogP contribution >= 0.6 is 0 Å². The van der Waals surface area contributed by atoms with Crippen LogP contribution in [0.25, 0.3) is 0 Å². The predicted molar refractivity (Wildman–Crippen MR) is 73.2 cm³/mol. The Labute approximate surface area is 114 Å². The van der Waals surface area contributed by atoms with Gasteiger partial charge in [0.2, 0.25) is 0 Å². The zero-order chi connectivity index (χ0) is 14.1. The fourth-order valence-electron chi connectivity index (χ4n) is 2.42. The molecule has 0 saturated carbocycles. The van der Waals surface area contributed by atoms with E-state index in [-0.39, 0.29) is 12.5 Å². The second kappa shape index (κ2) is 8.74. The van der Waals surface area contributed by atoms with Crippen molar-refractivity contribution in [1.82, 2.24) is 15.5 Å². The normalized spacial score (nSPS) is 19.3. The van der Waals surface area contributed by atoms with Crippen LogP contribution in [0.1, 0.15) is 39.0 Å². The van der Waals surface area contributed by atoms with Crippen molar-refractivity contribution < 1.29 is 14.7 Å². The van der Waals surface area contributed by atoms with Gasteiger partial charge in [-0.05, 0) is 38.8 Å². The molecule has 0 aromatic carbocycles. The third-order valence-electron chi connectivity index (χ3n) is 3.51. The van der Waals surface area contributed by atoms with Crippen LogP contribution in [0.3, 0.4) is 0 Å². The molecule has 6 nitrogen and oxygen atoms in total. The smallest absolute Gasteiger partial charge is 0.314 e. The summed E-state index contributed by atoms with van der Waals surface area (Å²) in [6.45, 7) is 5.51. The van der Waals surface area contributed by atoms with Crippen LogP contribution in [0.15, 0.2) is 0 Å². The molecule has 0 radical (unpaired) electrons. The zero-order valence-corrected chi connectivity index (χ0v) is 11.7. The molecule has 1 atom stereocenters. The fourth-order valence-corrected chi connectivity index (χ4v) is 2.42. The highest BCUT2D eigenvalue weighted by Crippen LogP contribution is 2.15. The number of urea groups is 1. The van der Waals surface area contributed by atoms with Crippen molar-refractivity contribution >= 4 is 12.0 Å². The highest BCUT2D eigenvalue weighted by Gasteiger charge is 2.22. The number of carboxylic acids is 1. The van der Waals surface area contributed by atoms with Crippen LogP contribution in [0.5, 0.6) is 0 Å². The van der Waals surface area contributed by atoms with E-state index in [1.807, 2.05) is 0 Å². The summed E-state index contributed by atoms with van der Waals surface area (Å²) in [5.41, 5.74) is 0. The van der Waals surface area contributed by atoms with E-state index in [0.29, 0.717) is 32.0 Å². The first-order valence-corrected chi connectivity index (χ1v) is 7.11. The summed E-state index contributed by atoms with van der Waals surface area (Å²) in [5.74, 6) is -0.787. The minimum absolute atomic E-state index is 0.154. The number of unbranched alkanes of at least 4 members (excludes halogenated alkanes) is 1. The molecule has 1 unspecified atom stereocenters. The summed E-state index contributed by atoms with van der Waals surface area (Å²) in [7, 11) is 0. The Morgan fingerprint density at radius 1 is 1.32 bits per heavy atom. The van der Waals surface area contributed by atoms with E-state index in [2.05, 4.69) is 22.5 Å². The standard InChI is InChI=1S/C13H25N3O3/c1-2-16-9-5-6-11(16)10-15-13(19)14-8-4-3-7-12(17)18/h11H,2-10H2,1H3,(H,17,18)(H2,14,15,19). The number of likely N-dealkylation sites (N-methyl/N-ethyl adjacent to an activating group) is 1. The van der Waals surface area contributed by atoms with Crippen molar-refractivity contribution in [3.05, 3.63) is 0 Å². The lowest BCUT2D eigenvalue weighted by Gasteiger charge is -2.22. The first-order valence-electron chi connectivity index (χ1n) is 7.11. The van der Waals surface area contributed by atoms with Gasteiger partial charge in [-0.25, -0.2) is 4.79 Å². The molecule has 110 valence electrons. The first-order chi connectivity index (χ1) is 9.13. The lowest BCUT2D eigenvalue weighted by molar-refractivity contribution is -0.137. The Kier molecular flexibility index (Phi) is 7.25. The molecule has 1 heterocycles. The van der Waals surface area contributed by atoms with E-state index in [1.165, 1.54) is 6.42 Å². The van der Waals surface area contributed by atoms with Gasteiger partial charge in [0.25, 0.3) is 0 Å². The van der Waals surface area contributed by atoms with E-state index >= 15 is 0 Å². The molecule has 6 heteroatoms. The molecule has 1 aliphatic rings. The number of carbonyl (C=O) groups is 2. The number of carboxylic acid groups (broad SMARTS) is 1. The second-order valence-corrected chi connectivity index (χ2v) is 4.91. The quantitative estimate of drug-likeness (QED) is 0.576. The monoisotopic (exact) mass is 271 g/mol. The number of nitrogens with one attached hydrogen (secondary N) is 2. The van der Waals surface area contributed by atoms with Gasteiger partial charge in [0.15, 0.2) is 0 Å². The molecule has 1 rings (SSSR count). The fraction of sp³-hybridized carbons (Fsp3) is 0.846. The number of aliphatic carboxylic acids is 1. The van der Waals surface area contributed by atoms with Crippen LogP contribution in [-0.4, -0.2) is 54.2 Å². The van der Waals surface area contributed by atoms with Crippen molar-refractivity contribution in [3.8, 4) is 0 Å². The van der Waals surface area contributed by atoms with Crippen LogP contribution in [-0.2, 0) is 4.79 Å². The van der Waals surface area contributed by atoms with Gasteiger partial charge in [-0.3, -0.25) is 9.69 Å². The van der Waals surface area contributed by atoms with Gasteiger partial charge in [0.1, 0.15) is 0 Å². The van der Waals surface area contributed by atoms with Crippen molar-refractivity contribution in [1.29, 1.82) is 0 Å². The molecule has 0 aromatic rings. The molecule has 1 aliphatic heterocycles. The average Bonchev–Trinajstić information content (AvgIpc) is 2.83. The highest BCUT2D eigenvalue weighted by molar-refractivity contribution is 5.73. The molecular formula is C13H25N3O3. The maximum absolute atomic E-state index is 11.5. The topological polar surface area (TPSA) is 81.7 Å². The van der Waals surface area contributed by atoms with E-state index < -0.39 is 5.97 Å². The maximum Gasteiger partial charge on any atom is 0.314 e. The van der Waals surface area contributed by atoms with Gasteiger partial charge >= 0.3 is 12.0 Å². The van der Waals surface area contributed by atoms with Crippen LogP contribution in [0.2, 0.25) is 0 Å². The van der Waals surface area contributed by atoms with Crippen LogP contribution in [0.4, 0.5) is 4.79 Å². The average molecular weight is 271 g/mol. The van der Waals surface area contributed by atoms with Gasteiger partial charge in [-0.15, -0.1) is 0 Å². The molecule has 0 aliphatic carbocycles. The molecular weight excluding hydrogens is 246 g/mol. The molecule has 0 aromatic heterocycles. The number of hydrogen-bond acceptors (Lipinski definition) is 3. The highest BCUT2D eigenvalue weighted by atomic mass is 16.4. The second-order valence-electron chi connectivity index (χ2n) is 4.91. The Bertz CT molecular complexity index is 297. The van der Waals surface area contributed by atoms with Crippen LogP contribution < -0.4 is 10.6 Å². The van der Waals surface area contributed by atoms with Gasteiger partial charge in [-0.1, -0.05) is 6.92 Å². The van der Waals surface area contributed by atoms with Gasteiger partial charge in [-0.2, -0.15) is 0 Å². The predicted octanol–water partition coefficient (Wildman–Crippen LogP) is 1.02. The molecule has 3 N–H and O–H groups in total. The van der Waals surface area contributed by atoms with Crippen molar-refractivity contribution in [3.63, 3.8) is 0 Å². The summed E-state index contributed by atoms with van der Waals surface area (Å²) < 4.78 is 0. The molecule has 1 saturated heterocycles. The third kappa shape index (κ3) is 6.42. The zero-order valence-electron chi connectivity index (χ0n) is 11.7. The minimum atomic E-state index is -0.787. The van der Waals surface area contributed by atoms with Gasteiger partial charge < -0.3 is 15.7 Å². The molecule has 2 amide bonds. The van der Waals surface area contributed by atoms with E-state index in [9.17, 15) is 9.59 Å². The van der Waals surface area contributed by atoms with E-state index in [1.54, 1.807) is 0 Å². The number of carbonyl (C=O) groups excluding carboxylic acids is 1. The lowest BCUT2D eigenvalue weighted by Crippen LogP contribution is -2.44. The number of likely N-dealkylation sites (tertiary alicyclic amines) is 1. The molecule has 0 spiro atoms. The summed E-state index contributed by atoms with van der Waals surface area (Å²) in [6, 6.07) is 0.307. The summed E-state index contributed by atoms with van der Waals surface area (Å²) in [4.78, 5) is 24.2. The molecule has 19 heavy (non-hydrogen) atoms. The minimum Gasteiger partial charge on any atom is -0.481 e. The Morgan fingerprint density at radius 3 is 2.79 bits per heavy atom. The largest absolute Gasteiger partial charge is 0.481 e. The van der Waals surface area contributed by atoms with Crippen LogP contribution in [0, 0.1) is 0 Å². The number of amides is 2. The number of hydrogen-bond donors (Lipinski definition) is 3. The number of rotatable bonds is 8. The van der Waals surface area contributed by atoms with Crippen molar-refractivity contribution in [2.45, 2.75) is 45.1 Å². The van der Waals surface area contributed by atoms with E-state index in [4.69, 9.17) is 5.11 Å². The van der Waals surface area contributed by atoms with Crippen molar-refractivity contribution in [2.24, 2.45) is 0 Å². The van der Waals surface area contributed by atoms with E-state index in [0.717, 1.165) is 19.5 Å². The molecule has 0 bridgehead atoms. The third-order valence-corrected chi connectivity index (χ3v) is 3.51. The van der Waals surface area contributed by atoms with Gasteiger partial charge in [0.05, 0.1) is 0 Å². The Balaban J connectivity index is 2.03. The van der Waals surface area contributed by atoms with Gasteiger partial charge in [0, 0.05) is 25.6 Å². The summed E-state index contributed by atoms with van der Waals surface area (Å²) in [6.07, 6.45) is 3.81. The first kappa shape index (κ1) is 15.8. The summed E-state index contributed by atoms with van der Waals surface area (Å²) in [5, 5.41) is 14.1. The number of nitrogens with zero attached hydrogens (tertiary/aromatic N) is 1. The Morgan fingerprint density at radius 2 is 2.11 bits per heavy atom. The maximum atomic E-state index is 11.5. The molecule has 1 fully saturated rings. The Hall–Kier alpha value is -1.30. The SMILES string of the molecule is CCN1CCCC1CNC(=O)NCCCCC(=O)O.